The summed E-state index contributed by atoms with van der Waals surface area (Å²) in [5.74, 6) is -1.24. The number of ketones is 1. The number of carbonyl (C=O) groups is 1. The van der Waals surface area contributed by atoms with Crippen molar-refractivity contribution < 1.29 is 18.3 Å². The monoisotopic (exact) mass is 495 g/mol. The number of carbonyl (C=O) groups excluding carboxylic acids is 1. The fraction of sp³-hybridized carbons (Fsp3) is 0.286. The van der Waals surface area contributed by atoms with Gasteiger partial charge in [0, 0.05) is 19.2 Å². The summed E-state index contributed by atoms with van der Waals surface area (Å²) < 4.78 is 27.0. The van der Waals surface area contributed by atoms with Gasteiger partial charge in [0.2, 0.25) is 15.8 Å². The van der Waals surface area contributed by atoms with E-state index in [1.165, 1.54) is 22.6 Å². The Morgan fingerprint density at radius 3 is 2.62 bits per heavy atom. The van der Waals surface area contributed by atoms with Crippen molar-refractivity contribution in [2.75, 3.05) is 16.6 Å². The molecule has 3 heterocycles. The predicted molar refractivity (Wildman–Crippen MR) is 123 cm³/mol. The van der Waals surface area contributed by atoms with E-state index >= 15 is 0 Å². The molecule has 4 rings (SSSR count). The summed E-state index contributed by atoms with van der Waals surface area (Å²) in [5.41, 5.74) is 0.0396. The Labute approximate surface area is 194 Å². The van der Waals surface area contributed by atoms with E-state index in [0.717, 1.165) is 9.96 Å². The first-order valence-electron chi connectivity index (χ1n) is 9.90. The first-order chi connectivity index (χ1) is 15.2. The molecular weight excluding hydrogens is 477 g/mol. The number of aryl methyl sites for hydroxylation is 1. The highest BCUT2D eigenvalue weighted by molar-refractivity contribution is 7.92. The Hall–Kier alpha value is -2.62. The van der Waals surface area contributed by atoms with Crippen molar-refractivity contribution >= 4 is 50.3 Å². The van der Waals surface area contributed by atoms with Crippen LogP contribution >= 0.6 is 23.2 Å². The summed E-state index contributed by atoms with van der Waals surface area (Å²) in [6.07, 6.45) is 2.93. The quantitative estimate of drug-likeness (QED) is 0.542. The van der Waals surface area contributed by atoms with E-state index in [-0.39, 0.29) is 23.5 Å². The minimum Gasteiger partial charge on any atom is -0.501 e. The summed E-state index contributed by atoms with van der Waals surface area (Å²) in [7, 11) is -3.47. The average molecular weight is 496 g/mol. The standard InChI is InChI=1S/C21H19Cl2N3O5S/c22-15-6-3-13(11-16(15)23)4-7-17(27)19-20(28)21(29)25-12-14(5-8-18(25)24-19)26-9-1-2-10-32(26,30)31/h3,5-6,8,11-12,28H,1-2,4,7,9-10H2. The van der Waals surface area contributed by atoms with Gasteiger partial charge in [0.05, 0.1) is 21.5 Å². The highest BCUT2D eigenvalue weighted by Gasteiger charge is 2.27. The maximum atomic E-state index is 12.7. The highest BCUT2D eigenvalue weighted by Crippen LogP contribution is 2.25. The summed E-state index contributed by atoms with van der Waals surface area (Å²) in [6.45, 7) is 0.313. The third kappa shape index (κ3) is 4.32. The largest absolute Gasteiger partial charge is 0.501 e. The average Bonchev–Trinajstić information content (AvgIpc) is 2.76. The number of hydrogen-bond donors (Lipinski definition) is 1. The van der Waals surface area contributed by atoms with Gasteiger partial charge in [-0.1, -0.05) is 29.3 Å². The first-order valence-corrected chi connectivity index (χ1v) is 12.3. The Bertz CT molecular complexity index is 1390. The van der Waals surface area contributed by atoms with Gasteiger partial charge in [-0.2, -0.15) is 0 Å². The van der Waals surface area contributed by atoms with E-state index in [1.807, 2.05) is 0 Å². The van der Waals surface area contributed by atoms with Gasteiger partial charge in [-0.3, -0.25) is 18.3 Å². The van der Waals surface area contributed by atoms with Crippen LogP contribution in [0.5, 0.6) is 5.75 Å². The van der Waals surface area contributed by atoms with Crippen LogP contribution in [0.1, 0.15) is 35.3 Å². The lowest BCUT2D eigenvalue weighted by Crippen LogP contribution is -2.38. The topological polar surface area (TPSA) is 109 Å². The molecule has 0 aliphatic carbocycles. The van der Waals surface area contributed by atoms with Crippen molar-refractivity contribution in [2.45, 2.75) is 25.7 Å². The molecule has 0 bridgehead atoms. The number of halogens is 2. The molecule has 1 saturated heterocycles. The van der Waals surface area contributed by atoms with Crippen LogP contribution in [0.15, 0.2) is 41.3 Å². The summed E-state index contributed by atoms with van der Waals surface area (Å²) in [5, 5.41) is 11.1. The van der Waals surface area contributed by atoms with E-state index in [1.54, 1.807) is 18.2 Å². The molecule has 1 fully saturated rings. The SMILES string of the molecule is O=C(CCc1ccc(Cl)c(Cl)c1)c1nc2ccc(N3CCCCS3(=O)=O)cn2c(=O)c1O. The maximum absolute atomic E-state index is 12.7. The minimum atomic E-state index is -3.47. The van der Waals surface area contributed by atoms with Crippen LogP contribution in [0.4, 0.5) is 5.69 Å². The van der Waals surface area contributed by atoms with Gasteiger partial charge < -0.3 is 5.11 Å². The number of Topliss-reactive ketones (excluding diaryl/α,β-unsaturated/α-hetero) is 1. The molecule has 0 atom stereocenters. The Balaban J connectivity index is 1.63. The first kappa shape index (κ1) is 22.6. The molecule has 1 N–H and O–H groups in total. The van der Waals surface area contributed by atoms with Crippen molar-refractivity contribution in [3.05, 3.63) is 68.2 Å². The van der Waals surface area contributed by atoms with Crippen molar-refractivity contribution in [2.24, 2.45) is 0 Å². The van der Waals surface area contributed by atoms with E-state index in [0.29, 0.717) is 41.5 Å². The van der Waals surface area contributed by atoms with Gasteiger partial charge in [0.25, 0.3) is 0 Å². The van der Waals surface area contributed by atoms with Crippen molar-refractivity contribution in [1.29, 1.82) is 0 Å². The van der Waals surface area contributed by atoms with E-state index in [4.69, 9.17) is 23.2 Å². The second kappa shape index (κ2) is 8.73. The number of aromatic hydroxyl groups is 1. The van der Waals surface area contributed by atoms with E-state index in [2.05, 4.69) is 4.98 Å². The molecule has 3 aromatic rings. The van der Waals surface area contributed by atoms with Crippen molar-refractivity contribution in [3.63, 3.8) is 0 Å². The molecule has 0 amide bonds. The predicted octanol–water partition coefficient (Wildman–Crippen LogP) is 3.45. The molecule has 8 nitrogen and oxygen atoms in total. The van der Waals surface area contributed by atoms with Crippen molar-refractivity contribution in [1.82, 2.24) is 9.38 Å². The number of sulfonamides is 1. The third-order valence-electron chi connectivity index (χ3n) is 5.31. The highest BCUT2D eigenvalue weighted by atomic mass is 35.5. The number of aromatic nitrogens is 2. The summed E-state index contributed by atoms with van der Waals surface area (Å²) >= 11 is 11.9. The second-order valence-electron chi connectivity index (χ2n) is 7.50. The van der Waals surface area contributed by atoms with Crippen LogP contribution in [0.25, 0.3) is 5.65 Å². The lowest BCUT2D eigenvalue weighted by molar-refractivity contribution is 0.0975. The van der Waals surface area contributed by atoms with Crippen LogP contribution in [0.3, 0.4) is 0 Å². The Morgan fingerprint density at radius 2 is 1.91 bits per heavy atom. The normalized spacial score (nSPS) is 15.8. The summed E-state index contributed by atoms with van der Waals surface area (Å²) in [4.78, 5) is 29.5. The van der Waals surface area contributed by atoms with Crippen molar-refractivity contribution in [3.8, 4) is 5.75 Å². The lowest BCUT2D eigenvalue weighted by atomic mass is 10.1. The zero-order chi connectivity index (χ0) is 23.0. The number of pyridine rings is 1. The number of nitrogens with zero attached hydrogens (tertiary/aromatic N) is 3. The fourth-order valence-electron chi connectivity index (χ4n) is 3.61. The molecule has 168 valence electrons. The molecule has 0 saturated carbocycles. The smallest absolute Gasteiger partial charge is 0.300 e. The zero-order valence-electron chi connectivity index (χ0n) is 16.8. The molecule has 0 unspecified atom stereocenters. The Morgan fingerprint density at radius 1 is 1.12 bits per heavy atom. The second-order valence-corrected chi connectivity index (χ2v) is 10.3. The number of hydrogen-bond acceptors (Lipinski definition) is 6. The maximum Gasteiger partial charge on any atom is 0.300 e. The van der Waals surface area contributed by atoms with E-state index < -0.39 is 27.1 Å². The number of benzene rings is 1. The Kier molecular flexibility index (Phi) is 6.15. The molecule has 0 spiro atoms. The minimum absolute atomic E-state index is 0.00175. The van der Waals surface area contributed by atoms with Crippen LogP contribution in [-0.4, -0.2) is 41.0 Å². The van der Waals surface area contributed by atoms with Gasteiger partial charge in [-0.25, -0.2) is 13.4 Å². The van der Waals surface area contributed by atoms with Gasteiger partial charge >= 0.3 is 5.56 Å². The zero-order valence-corrected chi connectivity index (χ0v) is 19.1. The van der Waals surface area contributed by atoms with Crippen LogP contribution in [0.2, 0.25) is 10.0 Å². The van der Waals surface area contributed by atoms with Crippen LogP contribution < -0.4 is 9.86 Å². The van der Waals surface area contributed by atoms with Gasteiger partial charge in [0.15, 0.2) is 11.5 Å². The number of rotatable bonds is 5. The number of fused-ring (bicyclic) bond motifs is 1. The van der Waals surface area contributed by atoms with Crippen LogP contribution in [-0.2, 0) is 16.4 Å². The molecule has 0 radical (unpaired) electrons. The molecule has 1 aromatic carbocycles. The van der Waals surface area contributed by atoms with Gasteiger partial charge in [-0.15, -0.1) is 0 Å². The molecular formula is C21H19Cl2N3O5S. The third-order valence-corrected chi connectivity index (χ3v) is 7.92. The molecule has 32 heavy (non-hydrogen) atoms. The van der Waals surface area contributed by atoms with E-state index in [9.17, 15) is 23.1 Å². The number of anilines is 1. The summed E-state index contributed by atoms with van der Waals surface area (Å²) in [6, 6.07) is 8.00. The fourth-order valence-corrected chi connectivity index (χ4v) is 5.56. The van der Waals surface area contributed by atoms with Gasteiger partial charge in [0.1, 0.15) is 5.65 Å². The van der Waals surface area contributed by atoms with Crippen LogP contribution in [0, 0.1) is 0 Å². The molecule has 11 heteroatoms. The lowest BCUT2D eigenvalue weighted by Gasteiger charge is -2.28. The molecule has 2 aromatic heterocycles. The molecule has 1 aliphatic rings. The molecule has 1 aliphatic heterocycles. The van der Waals surface area contributed by atoms with Gasteiger partial charge in [-0.05, 0) is 49.1 Å².